The molecule has 0 saturated heterocycles. The molecule has 0 N–H and O–H groups in total. The molecular weight excluding hydrogens is 377 g/mol. The molecule has 1 aromatic heterocycles. The molecule has 0 saturated carbocycles. The van der Waals surface area contributed by atoms with E-state index < -0.39 is 9.05 Å². The second kappa shape index (κ2) is 6.71. The number of thiazole rings is 1. The van der Waals surface area contributed by atoms with Crippen LogP contribution in [0.15, 0.2) is 22.5 Å². The van der Waals surface area contributed by atoms with E-state index in [9.17, 15) is 8.42 Å². The third-order valence-electron chi connectivity index (χ3n) is 2.71. The number of nitrogens with zero attached hydrogens (tertiary/aromatic N) is 1. The molecule has 2 rings (SSSR count). The molecule has 1 heterocycles. The Morgan fingerprint density at radius 3 is 2.57 bits per heavy atom. The van der Waals surface area contributed by atoms with Crippen LogP contribution in [0.5, 0.6) is 5.75 Å². The van der Waals surface area contributed by atoms with E-state index in [1.54, 1.807) is 16.8 Å². The number of halogens is 3. The summed E-state index contributed by atoms with van der Waals surface area (Å²) in [5.74, 6) is 0.313. The lowest BCUT2D eigenvalue weighted by molar-refractivity contribution is 0.322. The van der Waals surface area contributed by atoms with Gasteiger partial charge in [-0.3, -0.25) is 0 Å². The lowest BCUT2D eigenvalue weighted by Gasteiger charge is -2.10. The molecule has 1 aromatic carbocycles. The van der Waals surface area contributed by atoms with Crippen molar-refractivity contribution in [2.75, 3.05) is 6.61 Å². The van der Waals surface area contributed by atoms with Gasteiger partial charge >= 0.3 is 0 Å². The van der Waals surface area contributed by atoms with Crippen molar-refractivity contribution in [3.63, 3.8) is 0 Å². The molecule has 0 spiro atoms. The number of rotatable bonds is 5. The van der Waals surface area contributed by atoms with Crippen LogP contribution in [-0.4, -0.2) is 20.0 Å². The predicted octanol–water partition coefficient (Wildman–Crippen LogP) is 4.31. The SMILES string of the molecule is Cc1ncsc1CCOc1ccc(S(=O)(=O)Cl)c(Cl)c1Cl. The summed E-state index contributed by atoms with van der Waals surface area (Å²) in [6, 6.07) is 2.70. The van der Waals surface area contributed by atoms with Crippen LogP contribution >= 0.6 is 45.2 Å². The highest BCUT2D eigenvalue weighted by atomic mass is 35.7. The minimum absolute atomic E-state index is 0.0272. The lowest BCUT2D eigenvalue weighted by atomic mass is 10.3. The zero-order valence-corrected chi connectivity index (χ0v) is 14.7. The summed E-state index contributed by atoms with van der Waals surface area (Å²) in [6.07, 6.45) is 0.681. The first kappa shape index (κ1) is 16.8. The van der Waals surface area contributed by atoms with Gasteiger partial charge in [0.15, 0.2) is 0 Å². The van der Waals surface area contributed by atoms with Crippen molar-refractivity contribution in [2.45, 2.75) is 18.2 Å². The summed E-state index contributed by atoms with van der Waals surface area (Å²) < 4.78 is 28.1. The van der Waals surface area contributed by atoms with Gasteiger partial charge in [0.1, 0.15) is 15.7 Å². The number of hydrogen-bond donors (Lipinski definition) is 0. The highest BCUT2D eigenvalue weighted by molar-refractivity contribution is 8.13. The molecule has 0 unspecified atom stereocenters. The Kier molecular flexibility index (Phi) is 5.38. The summed E-state index contributed by atoms with van der Waals surface area (Å²) in [5, 5.41) is -0.113. The van der Waals surface area contributed by atoms with Crippen molar-refractivity contribution in [1.29, 1.82) is 0 Å². The number of aromatic nitrogens is 1. The van der Waals surface area contributed by atoms with E-state index >= 15 is 0 Å². The maximum Gasteiger partial charge on any atom is 0.262 e. The molecule has 0 bridgehead atoms. The van der Waals surface area contributed by atoms with Gasteiger partial charge in [-0.15, -0.1) is 11.3 Å². The number of hydrogen-bond acceptors (Lipinski definition) is 5. The smallest absolute Gasteiger partial charge is 0.262 e. The first-order chi connectivity index (χ1) is 9.80. The molecule has 0 fully saturated rings. The predicted molar refractivity (Wildman–Crippen MR) is 85.6 cm³/mol. The van der Waals surface area contributed by atoms with Gasteiger partial charge < -0.3 is 4.74 Å². The fourth-order valence-electron chi connectivity index (χ4n) is 1.63. The van der Waals surface area contributed by atoms with Crippen molar-refractivity contribution in [1.82, 2.24) is 4.98 Å². The Morgan fingerprint density at radius 1 is 1.29 bits per heavy atom. The Labute approximate surface area is 141 Å². The van der Waals surface area contributed by atoms with Crippen molar-refractivity contribution < 1.29 is 13.2 Å². The summed E-state index contributed by atoms with van der Waals surface area (Å²) in [5.41, 5.74) is 2.74. The van der Waals surface area contributed by atoms with Crippen LogP contribution < -0.4 is 4.74 Å². The van der Waals surface area contributed by atoms with E-state index in [2.05, 4.69) is 4.98 Å². The van der Waals surface area contributed by atoms with Gasteiger partial charge in [-0.05, 0) is 19.1 Å². The van der Waals surface area contributed by atoms with Crippen molar-refractivity contribution in [2.24, 2.45) is 0 Å². The first-order valence-electron chi connectivity index (χ1n) is 5.75. The first-order valence-corrected chi connectivity index (χ1v) is 9.69. The van der Waals surface area contributed by atoms with Gasteiger partial charge in [0.25, 0.3) is 9.05 Å². The molecule has 0 aliphatic heterocycles. The molecule has 0 radical (unpaired) electrons. The number of ether oxygens (including phenoxy) is 1. The van der Waals surface area contributed by atoms with E-state index in [1.165, 1.54) is 12.1 Å². The van der Waals surface area contributed by atoms with E-state index in [-0.39, 0.29) is 14.9 Å². The average molecular weight is 387 g/mol. The minimum atomic E-state index is -3.94. The van der Waals surface area contributed by atoms with E-state index in [0.717, 1.165) is 10.6 Å². The molecular formula is C12H10Cl3NO3S2. The van der Waals surface area contributed by atoms with Gasteiger partial charge in [-0.2, -0.15) is 0 Å². The highest BCUT2D eigenvalue weighted by Crippen LogP contribution is 2.38. The summed E-state index contributed by atoms with van der Waals surface area (Å²) in [6.45, 7) is 2.31. The van der Waals surface area contributed by atoms with Crippen LogP contribution in [0.25, 0.3) is 0 Å². The Hall–Kier alpha value is -0.530. The molecule has 9 heteroatoms. The Morgan fingerprint density at radius 2 is 2.00 bits per heavy atom. The molecule has 2 aromatic rings. The molecule has 0 amide bonds. The van der Waals surface area contributed by atoms with Crippen LogP contribution in [0.3, 0.4) is 0 Å². The molecule has 0 atom stereocenters. The molecule has 0 aliphatic rings. The second-order valence-electron chi connectivity index (χ2n) is 4.09. The summed E-state index contributed by atoms with van der Waals surface area (Å²) >= 11 is 13.5. The average Bonchev–Trinajstić information content (AvgIpc) is 2.79. The number of aryl methyl sites for hydroxylation is 1. The molecule has 21 heavy (non-hydrogen) atoms. The van der Waals surface area contributed by atoms with Crippen LogP contribution in [0.1, 0.15) is 10.6 Å². The summed E-state index contributed by atoms with van der Waals surface area (Å²) in [4.78, 5) is 5.03. The lowest BCUT2D eigenvalue weighted by Crippen LogP contribution is -2.02. The number of benzene rings is 1. The van der Waals surface area contributed by atoms with Crippen LogP contribution in [0.4, 0.5) is 0 Å². The summed E-state index contributed by atoms with van der Waals surface area (Å²) in [7, 11) is 1.32. The van der Waals surface area contributed by atoms with Crippen molar-refractivity contribution >= 4 is 54.3 Å². The molecule has 0 aliphatic carbocycles. The fourth-order valence-corrected chi connectivity index (χ4v) is 4.18. The van der Waals surface area contributed by atoms with E-state index in [1.807, 2.05) is 6.92 Å². The normalized spacial score (nSPS) is 11.6. The zero-order valence-electron chi connectivity index (χ0n) is 10.8. The van der Waals surface area contributed by atoms with Crippen LogP contribution in [0.2, 0.25) is 10.0 Å². The van der Waals surface area contributed by atoms with Gasteiger partial charge in [-0.1, -0.05) is 23.2 Å². The van der Waals surface area contributed by atoms with E-state index in [0.29, 0.717) is 18.8 Å². The minimum Gasteiger partial charge on any atom is -0.492 e. The van der Waals surface area contributed by atoms with Crippen LogP contribution in [-0.2, 0) is 15.5 Å². The Bertz CT molecular complexity index is 759. The van der Waals surface area contributed by atoms with Gasteiger partial charge in [0.05, 0.1) is 22.8 Å². The van der Waals surface area contributed by atoms with Gasteiger partial charge in [-0.25, -0.2) is 13.4 Å². The second-order valence-corrected chi connectivity index (χ2v) is 8.32. The highest BCUT2D eigenvalue weighted by Gasteiger charge is 2.19. The van der Waals surface area contributed by atoms with Crippen molar-refractivity contribution in [3.05, 3.63) is 38.3 Å². The zero-order chi connectivity index (χ0) is 15.6. The molecule has 4 nitrogen and oxygen atoms in total. The van der Waals surface area contributed by atoms with Crippen molar-refractivity contribution in [3.8, 4) is 5.75 Å². The largest absolute Gasteiger partial charge is 0.492 e. The maximum absolute atomic E-state index is 11.3. The van der Waals surface area contributed by atoms with Crippen LogP contribution in [0, 0.1) is 6.92 Å². The Balaban J connectivity index is 2.12. The maximum atomic E-state index is 11.3. The van der Waals surface area contributed by atoms with E-state index in [4.69, 9.17) is 38.6 Å². The quantitative estimate of drug-likeness (QED) is 0.719. The monoisotopic (exact) mass is 385 g/mol. The third-order valence-corrected chi connectivity index (χ3v) is 6.04. The standard InChI is InChI=1S/C12H10Cl3NO3S2/c1-7-9(20-6-16-7)4-5-19-8-2-3-10(21(15,17)18)12(14)11(8)13/h2-3,6H,4-5H2,1H3. The fraction of sp³-hybridized carbons (Fsp3) is 0.250. The van der Waals surface area contributed by atoms with Gasteiger partial charge in [0, 0.05) is 22.0 Å². The van der Waals surface area contributed by atoms with Gasteiger partial charge in [0.2, 0.25) is 0 Å². The third kappa shape index (κ3) is 4.02. The molecule has 114 valence electrons. The topological polar surface area (TPSA) is 56.3 Å².